The molecule has 1 aliphatic rings. The molecule has 1 saturated heterocycles. The molecule has 0 aliphatic carbocycles. The Balaban J connectivity index is 2.41. The van der Waals surface area contributed by atoms with Crippen molar-refractivity contribution in [3.05, 3.63) is 0 Å². The number of hydrogen-bond acceptors (Lipinski definition) is 10. The van der Waals surface area contributed by atoms with E-state index < -0.39 is 74.2 Å². The number of aliphatic hydroxyl groups excluding tert-OH is 7. The first kappa shape index (κ1) is 52.1. The lowest BCUT2D eigenvalue weighted by Crippen LogP contribution is -2.60. The van der Waals surface area contributed by atoms with Gasteiger partial charge in [-0.15, -0.1) is 0 Å². The van der Waals surface area contributed by atoms with E-state index >= 15 is 0 Å². The van der Waals surface area contributed by atoms with E-state index in [4.69, 9.17) is 9.47 Å². The highest BCUT2D eigenvalue weighted by atomic mass is 16.7. The zero-order valence-electron chi connectivity index (χ0n) is 35.2. The third-order valence-electron chi connectivity index (χ3n) is 11.4. The summed E-state index contributed by atoms with van der Waals surface area (Å²) in [6.45, 7) is 3.42. The molecular formula is C44H87NO10. The number of amides is 1. The van der Waals surface area contributed by atoms with Gasteiger partial charge in [0.05, 0.1) is 25.4 Å². The molecule has 11 nitrogen and oxygen atoms in total. The molecule has 0 unspecified atom stereocenters. The highest BCUT2D eigenvalue weighted by Crippen LogP contribution is 2.23. The summed E-state index contributed by atoms with van der Waals surface area (Å²) in [6, 6.07) is -1.16. The minimum absolute atomic E-state index is 0.266. The summed E-state index contributed by atoms with van der Waals surface area (Å²) in [5.41, 5.74) is 0. The summed E-state index contributed by atoms with van der Waals surface area (Å²) < 4.78 is 11.1. The molecule has 0 bridgehead atoms. The zero-order valence-corrected chi connectivity index (χ0v) is 35.2. The van der Waals surface area contributed by atoms with Crippen LogP contribution < -0.4 is 5.32 Å². The molecule has 1 heterocycles. The number of rotatable bonds is 38. The number of carbonyl (C=O) groups excluding carboxylic acids is 1. The van der Waals surface area contributed by atoms with Crippen LogP contribution in [0.4, 0.5) is 0 Å². The Morgan fingerprint density at radius 3 is 1.35 bits per heavy atom. The second kappa shape index (κ2) is 35.1. The van der Waals surface area contributed by atoms with Gasteiger partial charge in [0.2, 0.25) is 5.91 Å². The lowest BCUT2D eigenvalue weighted by molar-refractivity contribution is -0.303. The van der Waals surface area contributed by atoms with Gasteiger partial charge in [0.25, 0.3) is 0 Å². The van der Waals surface area contributed by atoms with Crippen molar-refractivity contribution >= 4 is 5.91 Å². The van der Waals surface area contributed by atoms with Crippen molar-refractivity contribution in [3.63, 3.8) is 0 Å². The first-order valence-electron chi connectivity index (χ1n) is 22.9. The average molecular weight is 790 g/mol. The quantitative estimate of drug-likeness (QED) is 0.0300. The van der Waals surface area contributed by atoms with Crippen LogP contribution in [0.15, 0.2) is 0 Å². The molecule has 55 heavy (non-hydrogen) atoms. The second-order valence-electron chi connectivity index (χ2n) is 16.5. The van der Waals surface area contributed by atoms with Crippen LogP contribution >= 0.6 is 0 Å². The van der Waals surface area contributed by atoms with E-state index in [1.54, 1.807) is 0 Å². The largest absolute Gasteiger partial charge is 0.394 e. The van der Waals surface area contributed by atoms with Crippen LogP contribution in [-0.4, -0.2) is 110 Å². The monoisotopic (exact) mass is 790 g/mol. The molecule has 1 amide bonds. The van der Waals surface area contributed by atoms with E-state index in [2.05, 4.69) is 19.2 Å². The van der Waals surface area contributed by atoms with Crippen molar-refractivity contribution in [1.29, 1.82) is 0 Å². The number of carbonyl (C=O) groups is 1. The fourth-order valence-corrected chi connectivity index (χ4v) is 7.56. The molecule has 1 rings (SSSR count). The molecule has 0 spiro atoms. The van der Waals surface area contributed by atoms with Crippen LogP contribution in [0.5, 0.6) is 0 Å². The molecule has 1 fully saturated rings. The lowest BCUT2D eigenvalue weighted by atomic mass is 9.98. The van der Waals surface area contributed by atoms with Crippen LogP contribution in [-0.2, 0) is 14.3 Å². The molecule has 0 saturated carbocycles. The van der Waals surface area contributed by atoms with E-state index in [0.29, 0.717) is 19.3 Å². The standard InChI is InChI=1S/C44H87NO10/c1-3-5-7-9-11-13-15-16-17-18-19-20-21-22-24-26-28-30-32-37(48)43(53)45-35(34-54-44-42(52)41(51)40(50)38(33-46)55-44)39(49)36(47)31-29-27-25-23-14-12-10-8-6-4-2/h35-42,44,46-52H,3-34H2,1-2H3,(H,45,53)/t35-,36+,37+,38+,39-,40-,41-,42+,44+/m0/s1. The van der Waals surface area contributed by atoms with Crippen molar-refractivity contribution in [2.45, 2.75) is 262 Å². The fraction of sp³-hybridized carbons (Fsp3) is 0.977. The van der Waals surface area contributed by atoms with E-state index in [9.17, 15) is 40.5 Å². The molecule has 8 N–H and O–H groups in total. The number of ether oxygens (including phenoxy) is 2. The Hall–Kier alpha value is -0.890. The normalized spacial score (nSPS) is 22.4. The third kappa shape index (κ3) is 25.3. The Kier molecular flexibility index (Phi) is 33.3. The van der Waals surface area contributed by atoms with Gasteiger partial charge in [0.15, 0.2) is 6.29 Å². The Morgan fingerprint density at radius 1 is 0.564 bits per heavy atom. The van der Waals surface area contributed by atoms with Gasteiger partial charge in [-0.05, 0) is 12.8 Å². The number of nitrogens with one attached hydrogen (secondary N) is 1. The van der Waals surface area contributed by atoms with Gasteiger partial charge in [0, 0.05) is 0 Å². The van der Waals surface area contributed by atoms with Crippen LogP contribution in [0.3, 0.4) is 0 Å². The summed E-state index contributed by atoms with van der Waals surface area (Å²) in [4.78, 5) is 13.1. The number of hydrogen-bond donors (Lipinski definition) is 8. The lowest BCUT2D eigenvalue weighted by Gasteiger charge is -2.40. The van der Waals surface area contributed by atoms with Crippen LogP contribution in [0.1, 0.15) is 206 Å². The topological polar surface area (TPSA) is 189 Å². The molecule has 0 aromatic heterocycles. The molecule has 0 aromatic carbocycles. The number of unbranched alkanes of at least 4 members (excludes halogenated alkanes) is 26. The Morgan fingerprint density at radius 2 is 0.945 bits per heavy atom. The maximum atomic E-state index is 13.1. The first-order valence-corrected chi connectivity index (χ1v) is 22.9. The molecule has 9 atom stereocenters. The molecule has 1 aliphatic heterocycles. The molecule has 328 valence electrons. The molecular weight excluding hydrogens is 702 g/mol. The van der Waals surface area contributed by atoms with Gasteiger partial charge < -0.3 is 50.5 Å². The zero-order chi connectivity index (χ0) is 40.5. The minimum atomic E-state index is -1.65. The smallest absolute Gasteiger partial charge is 0.249 e. The Bertz CT molecular complexity index is 866. The average Bonchev–Trinajstić information content (AvgIpc) is 3.18. The third-order valence-corrected chi connectivity index (χ3v) is 11.4. The second-order valence-corrected chi connectivity index (χ2v) is 16.5. The Labute approximate surface area is 335 Å². The van der Waals surface area contributed by atoms with Crippen molar-refractivity contribution in [1.82, 2.24) is 5.32 Å². The summed E-state index contributed by atoms with van der Waals surface area (Å²) >= 11 is 0. The van der Waals surface area contributed by atoms with Crippen molar-refractivity contribution in [2.24, 2.45) is 0 Å². The maximum absolute atomic E-state index is 13.1. The summed E-state index contributed by atoms with van der Waals surface area (Å²) in [5, 5.41) is 75.5. The van der Waals surface area contributed by atoms with Gasteiger partial charge in [0.1, 0.15) is 36.6 Å². The van der Waals surface area contributed by atoms with Crippen LogP contribution in [0.2, 0.25) is 0 Å². The highest BCUT2D eigenvalue weighted by molar-refractivity contribution is 5.80. The molecule has 11 heteroatoms. The molecule has 0 radical (unpaired) electrons. The maximum Gasteiger partial charge on any atom is 0.249 e. The minimum Gasteiger partial charge on any atom is -0.394 e. The van der Waals surface area contributed by atoms with Crippen molar-refractivity contribution in [3.8, 4) is 0 Å². The first-order chi connectivity index (χ1) is 26.7. The predicted octanol–water partition coefficient (Wildman–Crippen LogP) is 7.11. The van der Waals surface area contributed by atoms with Gasteiger partial charge in [-0.2, -0.15) is 0 Å². The SMILES string of the molecule is CCCCCCCCCCCCCCCCCCCC[C@@H](O)C(=O)N[C@@H](CO[C@@H]1O[C@H](CO)[C@H](O)[C@H](O)[C@H]1O)[C@H](O)[C@H](O)CCCCCCCCCCCC. The number of aliphatic hydroxyl groups is 7. The van der Waals surface area contributed by atoms with Crippen molar-refractivity contribution in [2.75, 3.05) is 13.2 Å². The van der Waals surface area contributed by atoms with Crippen LogP contribution in [0, 0.1) is 0 Å². The van der Waals surface area contributed by atoms with E-state index in [1.165, 1.54) is 128 Å². The molecule has 0 aromatic rings. The highest BCUT2D eigenvalue weighted by Gasteiger charge is 2.44. The van der Waals surface area contributed by atoms with Crippen LogP contribution in [0.25, 0.3) is 0 Å². The van der Waals surface area contributed by atoms with E-state index in [1.807, 2.05) is 0 Å². The van der Waals surface area contributed by atoms with Gasteiger partial charge in [-0.25, -0.2) is 0 Å². The summed E-state index contributed by atoms with van der Waals surface area (Å²) in [6.07, 6.45) is 23.0. The van der Waals surface area contributed by atoms with E-state index in [0.717, 1.165) is 38.5 Å². The summed E-state index contributed by atoms with van der Waals surface area (Å²) in [7, 11) is 0. The predicted molar refractivity (Wildman–Crippen MR) is 220 cm³/mol. The van der Waals surface area contributed by atoms with Crippen molar-refractivity contribution < 1.29 is 50.0 Å². The summed E-state index contributed by atoms with van der Waals surface area (Å²) in [5.74, 6) is -0.695. The van der Waals surface area contributed by atoms with Gasteiger partial charge >= 0.3 is 0 Å². The fourth-order valence-electron chi connectivity index (χ4n) is 7.56. The van der Waals surface area contributed by atoms with E-state index in [-0.39, 0.29) is 6.42 Å². The van der Waals surface area contributed by atoms with Gasteiger partial charge in [-0.3, -0.25) is 4.79 Å². The van der Waals surface area contributed by atoms with Gasteiger partial charge in [-0.1, -0.05) is 194 Å².